The molecule has 1 fully saturated rings. The maximum absolute atomic E-state index is 10.4. The Morgan fingerprint density at radius 3 is 2.55 bits per heavy atom. The highest BCUT2D eigenvalue weighted by Gasteiger charge is 2.29. The lowest BCUT2D eigenvalue weighted by Gasteiger charge is -2.21. The zero-order chi connectivity index (χ0) is 8.48. The molecule has 0 radical (unpaired) electrons. The molecule has 1 aliphatic heterocycles. The van der Waals surface area contributed by atoms with E-state index in [1.807, 2.05) is 20.8 Å². The SMILES string of the molecule is CC(C)(C)OC1COC(=O)O1. The van der Waals surface area contributed by atoms with E-state index in [-0.39, 0.29) is 12.2 Å². The van der Waals surface area contributed by atoms with Crippen LogP contribution in [0.2, 0.25) is 0 Å². The molecule has 4 nitrogen and oxygen atoms in total. The van der Waals surface area contributed by atoms with E-state index in [1.54, 1.807) is 0 Å². The molecule has 0 aromatic heterocycles. The van der Waals surface area contributed by atoms with Crippen LogP contribution < -0.4 is 0 Å². The molecule has 1 atom stereocenters. The van der Waals surface area contributed by atoms with Crippen molar-refractivity contribution in [1.82, 2.24) is 0 Å². The van der Waals surface area contributed by atoms with E-state index < -0.39 is 12.4 Å². The smallest absolute Gasteiger partial charge is 0.428 e. The second-order valence-corrected chi connectivity index (χ2v) is 3.34. The Morgan fingerprint density at radius 2 is 2.18 bits per heavy atom. The first-order valence-corrected chi connectivity index (χ1v) is 3.48. The van der Waals surface area contributed by atoms with Gasteiger partial charge in [0.05, 0.1) is 5.60 Å². The normalized spacial score (nSPS) is 24.6. The molecule has 1 unspecified atom stereocenters. The number of carbonyl (C=O) groups is 1. The summed E-state index contributed by atoms with van der Waals surface area (Å²) in [6.07, 6.45) is -1.19. The Labute approximate surface area is 65.4 Å². The highest BCUT2D eigenvalue weighted by atomic mass is 16.8. The lowest BCUT2D eigenvalue weighted by molar-refractivity contribution is -0.147. The topological polar surface area (TPSA) is 44.8 Å². The van der Waals surface area contributed by atoms with Crippen molar-refractivity contribution in [3.63, 3.8) is 0 Å². The fourth-order valence-electron chi connectivity index (χ4n) is 0.764. The average molecular weight is 160 g/mol. The molecule has 4 heteroatoms. The number of ether oxygens (including phenoxy) is 3. The Bertz CT molecular complexity index is 158. The molecule has 11 heavy (non-hydrogen) atoms. The Hall–Kier alpha value is -0.770. The largest absolute Gasteiger partial charge is 0.510 e. The Morgan fingerprint density at radius 1 is 1.55 bits per heavy atom. The van der Waals surface area contributed by atoms with Gasteiger partial charge in [0, 0.05) is 0 Å². The van der Waals surface area contributed by atoms with Crippen molar-refractivity contribution in [2.45, 2.75) is 32.7 Å². The zero-order valence-electron chi connectivity index (χ0n) is 6.92. The Balaban J connectivity index is 2.34. The average Bonchev–Trinajstić information content (AvgIpc) is 2.10. The molecule has 0 aromatic rings. The van der Waals surface area contributed by atoms with Gasteiger partial charge in [-0.1, -0.05) is 0 Å². The van der Waals surface area contributed by atoms with E-state index in [4.69, 9.17) is 4.74 Å². The third kappa shape index (κ3) is 2.76. The summed E-state index contributed by atoms with van der Waals surface area (Å²) in [6, 6.07) is 0. The molecule has 0 aromatic carbocycles. The first-order chi connectivity index (χ1) is 4.97. The van der Waals surface area contributed by atoms with Gasteiger partial charge in [0.1, 0.15) is 0 Å². The fraction of sp³-hybridized carbons (Fsp3) is 0.857. The summed E-state index contributed by atoms with van der Waals surface area (Å²) < 4.78 is 14.5. The number of carbonyl (C=O) groups excluding carboxylic acids is 1. The van der Waals surface area contributed by atoms with Crippen LogP contribution in [0, 0.1) is 0 Å². The Kier molecular flexibility index (Phi) is 2.04. The molecular formula is C7H12O4. The predicted molar refractivity (Wildman–Crippen MR) is 37.1 cm³/mol. The summed E-state index contributed by atoms with van der Waals surface area (Å²) >= 11 is 0. The summed E-state index contributed by atoms with van der Waals surface area (Å²) in [5.74, 6) is 0. The molecule has 1 heterocycles. The van der Waals surface area contributed by atoms with Crippen molar-refractivity contribution in [2.75, 3.05) is 6.61 Å². The maximum Gasteiger partial charge on any atom is 0.510 e. The lowest BCUT2D eigenvalue weighted by atomic mass is 10.2. The standard InChI is InChI=1S/C7H12O4/c1-7(2,3)11-5-4-9-6(8)10-5/h5H,4H2,1-3H3. The van der Waals surface area contributed by atoms with Crippen molar-refractivity contribution in [3.05, 3.63) is 0 Å². The van der Waals surface area contributed by atoms with Crippen LogP contribution in [0.15, 0.2) is 0 Å². The first kappa shape index (κ1) is 8.33. The number of cyclic esters (lactones) is 2. The second-order valence-electron chi connectivity index (χ2n) is 3.34. The number of hydrogen-bond donors (Lipinski definition) is 0. The van der Waals surface area contributed by atoms with E-state index >= 15 is 0 Å². The van der Waals surface area contributed by atoms with Crippen LogP contribution in [-0.2, 0) is 14.2 Å². The third-order valence-electron chi connectivity index (χ3n) is 1.05. The monoisotopic (exact) mass is 160 g/mol. The summed E-state index contributed by atoms with van der Waals surface area (Å²) in [6.45, 7) is 5.85. The van der Waals surface area contributed by atoms with Crippen molar-refractivity contribution in [3.8, 4) is 0 Å². The van der Waals surface area contributed by atoms with E-state index in [0.717, 1.165) is 0 Å². The molecule has 1 aliphatic rings. The maximum atomic E-state index is 10.4. The molecule has 0 aliphatic carbocycles. The summed E-state index contributed by atoms with van der Waals surface area (Å²) in [4.78, 5) is 10.4. The molecule has 0 amide bonds. The minimum absolute atomic E-state index is 0.191. The summed E-state index contributed by atoms with van der Waals surface area (Å²) in [5.41, 5.74) is -0.307. The van der Waals surface area contributed by atoms with Crippen LogP contribution in [0.25, 0.3) is 0 Å². The van der Waals surface area contributed by atoms with Crippen LogP contribution in [-0.4, -0.2) is 24.7 Å². The van der Waals surface area contributed by atoms with E-state index in [2.05, 4.69) is 9.47 Å². The predicted octanol–water partition coefficient (Wildman–Crippen LogP) is 1.29. The van der Waals surface area contributed by atoms with Crippen molar-refractivity contribution in [2.24, 2.45) is 0 Å². The molecule has 0 saturated carbocycles. The van der Waals surface area contributed by atoms with Gasteiger partial charge >= 0.3 is 6.16 Å². The molecule has 0 N–H and O–H groups in total. The third-order valence-corrected chi connectivity index (χ3v) is 1.05. The van der Waals surface area contributed by atoms with Gasteiger partial charge in [0.2, 0.25) is 6.29 Å². The van der Waals surface area contributed by atoms with Crippen molar-refractivity contribution in [1.29, 1.82) is 0 Å². The van der Waals surface area contributed by atoms with E-state index in [9.17, 15) is 4.79 Å². The summed E-state index contributed by atoms with van der Waals surface area (Å²) in [5, 5.41) is 0. The molecule has 64 valence electrons. The van der Waals surface area contributed by atoms with Gasteiger partial charge in [-0.3, -0.25) is 0 Å². The zero-order valence-corrected chi connectivity index (χ0v) is 6.92. The molecule has 0 bridgehead atoms. The van der Waals surface area contributed by atoms with Gasteiger partial charge in [0.25, 0.3) is 0 Å². The van der Waals surface area contributed by atoms with E-state index in [0.29, 0.717) is 0 Å². The highest BCUT2D eigenvalue weighted by Crippen LogP contribution is 2.16. The molecule has 1 saturated heterocycles. The van der Waals surface area contributed by atoms with Crippen molar-refractivity contribution < 1.29 is 19.0 Å². The molecular weight excluding hydrogens is 148 g/mol. The minimum atomic E-state index is -0.653. The molecule has 1 rings (SSSR count). The summed E-state index contributed by atoms with van der Waals surface area (Å²) in [7, 11) is 0. The van der Waals surface area contributed by atoms with Gasteiger partial charge in [0.15, 0.2) is 6.61 Å². The number of hydrogen-bond acceptors (Lipinski definition) is 4. The second kappa shape index (κ2) is 2.70. The van der Waals surface area contributed by atoms with Crippen molar-refractivity contribution >= 4 is 6.16 Å². The first-order valence-electron chi connectivity index (χ1n) is 3.48. The van der Waals surface area contributed by atoms with E-state index in [1.165, 1.54) is 0 Å². The van der Waals surface area contributed by atoms with Crippen LogP contribution in [0.5, 0.6) is 0 Å². The van der Waals surface area contributed by atoms with Gasteiger partial charge in [-0.25, -0.2) is 4.79 Å². The minimum Gasteiger partial charge on any atom is -0.428 e. The quantitative estimate of drug-likeness (QED) is 0.542. The van der Waals surface area contributed by atoms with Gasteiger partial charge in [-0.2, -0.15) is 0 Å². The lowest BCUT2D eigenvalue weighted by Crippen LogP contribution is -2.28. The van der Waals surface area contributed by atoms with Gasteiger partial charge < -0.3 is 14.2 Å². The van der Waals surface area contributed by atoms with Crippen LogP contribution in [0.1, 0.15) is 20.8 Å². The number of rotatable bonds is 1. The van der Waals surface area contributed by atoms with Gasteiger partial charge in [-0.15, -0.1) is 0 Å². The van der Waals surface area contributed by atoms with Gasteiger partial charge in [-0.05, 0) is 20.8 Å². The van der Waals surface area contributed by atoms with Crippen LogP contribution in [0.3, 0.4) is 0 Å². The van der Waals surface area contributed by atoms with Crippen LogP contribution >= 0.6 is 0 Å². The highest BCUT2D eigenvalue weighted by molar-refractivity contribution is 5.61. The molecule has 0 spiro atoms. The fourth-order valence-corrected chi connectivity index (χ4v) is 0.764. The van der Waals surface area contributed by atoms with Crippen LogP contribution in [0.4, 0.5) is 4.79 Å².